The molecule has 2 nitrogen and oxygen atoms in total. The standard InChI is InChI=1S/C17H26N2/c1-4-5-7-15-12-19(9-6-8-18)16-11-13(2)10-14(3)17(15)16/h10-12H,4-9,18H2,1-3H3. The van der Waals surface area contributed by atoms with E-state index in [0.717, 1.165) is 19.5 Å². The first-order valence-corrected chi connectivity index (χ1v) is 7.46. The summed E-state index contributed by atoms with van der Waals surface area (Å²) in [5, 5.41) is 1.47. The fourth-order valence-electron chi connectivity index (χ4n) is 2.92. The van der Waals surface area contributed by atoms with Gasteiger partial charge in [0.25, 0.3) is 0 Å². The first-order chi connectivity index (χ1) is 9.17. The van der Waals surface area contributed by atoms with Gasteiger partial charge in [-0.1, -0.05) is 19.4 Å². The molecule has 2 N–H and O–H groups in total. The molecule has 2 heteroatoms. The molecule has 0 aliphatic rings. The van der Waals surface area contributed by atoms with Crippen LogP contribution in [0.5, 0.6) is 0 Å². The molecule has 2 rings (SSSR count). The average molecular weight is 258 g/mol. The van der Waals surface area contributed by atoms with E-state index in [-0.39, 0.29) is 0 Å². The van der Waals surface area contributed by atoms with E-state index in [1.807, 2.05) is 0 Å². The third-order valence-electron chi connectivity index (χ3n) is 3.80. The molecule has 0 aliphatic carbocycles. The summed E-state index contributed by atoms with van der Waals surface area (Å²) in [6.07, 6.45) is 7.10. The predicted molar refractivity (Wildman–Crippen MR) is 83.7 cm³/mol. The topological polar surface area (TPSA) is 30.9 Å². The maximum atomic E-state index is 5.65. The molecule has 1 heterocycles. The molecule has 1 aromatic heterocycles. The van der Waals surface area contributed by atoms with Gasteiger partial charge in [0.15, 0.2) is 0 Å². The van der Waals surface area contributed by atoms with Crippen LogP contribution in [0.3, 0.4) is 0 Å². The van der Waals surface area contributed by atoms with Crippen LogP contribution in [0.1, 0.15) is 42.9 Å². The van der Waals surface area contributed by atoms with Crippen LogP contribution in [-0.4, -0.2) is 11.1 Å². The molecule has 0 aliphatic heterocycles. The zero-order valence-corrected chi connectivity index (χ0v) is 12.5. The van der Waals surface area contributed by atoms with Crippen molar-refractivity contribution >= 4 is 10.9 Å². The van der Waals surface area contributed by atoms with E-state index in [1.54, 1.807) is 0 Å². The summed E-state index contributed by atoms with van der Waals surface area (Å²) in [5.41, 5.74) is 11.3. The van der Waals surface area contributed by atoms with Crippen LogP contribution in [0.15, 0.2) is 18.3 Å². The van der Waals surface area contributed by atoms with Gasteiger partial charge in [-0.2, -0.15) is 0 Å². The predicted octanol–water partition coefficient (Wildman–Crippen LogP) is 3.95. The Bertz CT molecular complexity index is 552. The summed E-state index contributed by atoms with van der Waals surface area (Å²) in [6.45, 7) is 8.46. The summed E-state index contributed by atoms with van der Waals surface area (Å²) < 4.78 is 2.40. The molecule has 0 fully saturated rings. The van der Waals surface area contributed by atoms with Gasteiger partial charge in [-0.25, -0.2) is 0 Å². The molecule has 0 amide bonds. The molecule has 0 bridgehead atoms. The van der Waals surface area contributed by atoms with Crippen molar-refractivity contribution in [1.29, 1.82) is 0 Å². The molecule has 0 saturated carbocycles. The molecule has 2 aromatic rings. The molecule has 0 unspecified atom stereocenters. The average Bonchev–Trinajstić information content (AvgIpc) is 2.72. The first kappa shape index (κ1) is 14.1. The number of nitrogens with zero attached hydrogens (tertiary/aromatic N) is 1. The number of hydrogen-bond acceptors (Lipinski definition) is 1. The van der Waals surface area contributed by atoms with Gasteiger partial charge in [-0.05, 0) is 62.4 Å². The summed E-state index contributed by atoms with van der Waals surface area (Å²) in [4.78, 5) is 0. The van der Waals surface area contributed by atoms with Crippen molar-refractivity contribution in [2.24, 2.45) is 5.73 Å². The van der Waals surface area contributed by atoms with Crippen LogP contribution in [0, 0.1) is 13.8 Å². The van der Waals surface area contributed by atoms with E-state index in [4.69, 9.17) is 5.73 Å². The van der Waals surface area contributed by atoms with Gasteiger partial charge in [-0.3, -0.25) is 0 Å². The van der Waals surface area contributed by atoms with E-state index in [9.17, 15) is 0 Å². The summed E-state index contributed by atoms with van der Waals surface area (Å²) in [5.74, 6) is 0. The summed E-state index contributed by atoms with van der Waals surface area (Å²) in [7, 11) is 0. The molecule has 1 aromatic carbocycles. The van der Waals surface area contributed by atoms with Crippen LogP contribution < -0.4 is 5.73 Å². The zero-order chi connectivity index (χ0) is 13.8. The molecular weight excluding hydrogens is 232 g/mol. The number of fused-ring (bicyclic) bond motifs is 1. The maximum Gasteiger partial charge on any atom is 0.0488 e. The second-order valence-electron chi connectivity index (χ2n) is 5.57. The fourth-order valence-corrected chi connectivity index (χ4v) is 2.92. The number of aromatic nitrogens is 1. The zero-order valence-electron chi connectivity index (χ0n) is 12.5. The highest BCUT2D eigenvalue weighted by molar-refractivity contribution is 5.88. The lowest BCUT2D eigenvalue weighted by Gasteiger charge is -2.06. The van der Waals surface area contributed by atoms with Gasteiger partial charge in [0.1, 0.15) is 0 Å². The Kier molecular flexibility index (Phi) is 4.65. The van der Waals surface area contributed by atoms with Crippen LogP contribution in [0.4, 0.5) is 0 Å². The third-order valence-corrected chi connectivity index (χ3v) is 3.80. The van der Waals surface area contributed by atoms with Crippen LogP contribution in [0.25, 0.3) is 10.9 Å². The normalized spacial score (nSPS) is 11.4. The maximum absolute atomic E-state index is 5.65. The first-order valence-electron chi connectivity index (χ1n) is 7.46. The second kappa shape index (κ2) is 6.25. The highest BCUT2D eigenvalue weighted by atomic mass is 15.0. The van der Waals surface area contributed by atoms with Crippen LogP contribution in [0.2, 0.25) is 0 Å². The number of hydrogen-bond donors (Lipinski definition) is 1. The van der Waals surface area contributed by atoms with Gasteiger partial charge in [0.2, 0.25) is 0 Å². The van der Waals surface area contributed by atoms with E-state index in [1.165, 1.54) is 46.9 Å². The van der Waals surface area contributed by atoms with Gasteiger partial charge in [0.05, 0.1) is 0 Å². The molecule has 19 heavy (non-hydrogen) atoms. The SMILES string of the molecule is CCCCc1cn(CCCN)c2cc(C)cc(C)c12. The molecule has 0 saturated heterocycles. The lowest BCUT2D eigenvalue weighted by atomic mass is 10.0. The van der Waals surface area contributed by atoms with Crippen molar-refractivity contribution < 1.29 is 0 Å². The minimum Gasteiger partial charge on any atom is -0.347 e. The quantitative estimate of drug-likeness (QED) is 0.835. The highest BCUT2D eigenvalue weighted by Gasteiger charge is 2.11. The Balaban J connectivity index is 2.49. The number of nitrogens with two attached hydrogens (primary N) is 1. The minimum absolute atomic E-state index is 0.759. The Morgan fingerprint density at radius 1 is 1.16 bits per heavy atom. The Labute approximate surface area is 116 Å². The fraction of sp³-hybridized carbons (Fsp3) is 0.529. The smallest absolute Gasteiger partial charge is 0.0488 e. The van der Waals surface area contributed by atoms with Crippen molar-refractivity contribution in [3.05, 3.63) is 35.0 Å². The second-order valence-corrected chi connectivity index (χ2v) is 5.57. The van der Waals surface area contributed by atoms with Crippen LogP contribution >= 0.6 is 0 Å². The highest BCUT2D eigenvalue weighted by Crippen LogP contribution is 2.28. The lowest BCUT2D eigenvalue weighted by molar-refractivity contribution is 0.667. The van der Waals surface area contributed by atoms with Gasteiger partial charge < -0.3 is 10.3 Å². The van der Waals surface area contributed by atoms with Crippen molar-refractivity contribution in [2.45, 2.75) is 53.0 Å². The number of rotatable bonds is 6. The Morgan fingerprint density at radius 3 is 2.63 bits per heavy atom. The monoisotopic (exact) mass is 258 g/mol. The van der Waals surface area contributed by atoms with Crippen molar-refractivity contribution in [1.82, 2.24) is 4.57 Å². The van der Waals surface area contributed by atoms with Gasteiger partial charge in [-0.15, -0.1) is 0 Å². The van der Waals surface area contributed by atoms with Gasteiger partial charge in [0, 0.05) is 23.6 Å². The van der Waals surface area contributed by atoms with Crippen LogP contribution in [-0.2, 0) is 13.0 Å². The molecule has 0 radical (unpaired) electrons. The third kappa shape index (κ3) is 3.01. The number of aryl methyl sites for hydroxylation is 4. The van der Waals surface area contributed by atoms with Crippen molar-refractivity contribution in [3.63, 3.8) is 0 Å². The molecule has 104 valence electrons. The van der Waals surface area contributed by atoms with E-state index in [0.29, 0.717) is 0 Å². The Hall–Kier alpha value is -1.28. The van der Waals surface area contributed by atoms with E-state index in [2.05, 4.69) is 43.7 Å². The lowest BCUT2D eigenvalue weighted by Crippen LogP contribution is -2.04. The Morgan fingerprint density at radius 2 is 1.95 bits per heavy atom. The molecule has 0 atom stereocenters. The van der Waals surface area contributed by atoms with Crippen molar-refractivity contribution in [3.8, 4) is 0 Å². The van der Waals surface area contributed by atoms with Gasteiger partial charge >= 0.3 is 0 Å². The van der Waals surface area contributed by atoms with E-state index >= 15 is 0 Å². The minimum atomic E-state index is 0.759. The van der Waals surface area contributed by atoms with E-state index < -0.39 is 0 Å². The summed E-state index contributed by atoms with van der Waals surface area (Å²) in [6, 6.07) is 4.61. The largest absolute Gasteiger partial charge is 0.347 e. The molecular formula is C17H26N2. The number of benzene rings is 1. The van der Waals surface area contributed by atoms with Crippen molar-refractivity contribution in [2.75, 3.05) is 6.54 Å². The molecule has 0 spiro atoms. The number of unbranched alkanes of at least 4 members (excludes halogenated alkanes) is 1. The summed E-state index contributed by atoms with van der Waals surface area (Å²) >= 11 is 0.